The van der Waals surface area contributed by atoms with Crippen LogP contribution in [0.15, 0.2) is 0 Å². The fraction of sp³-hybridized carbons (Fsp3) is 0.556. The van der Waals surface area contributed by atoms with Crippen molar-refractivity contribution in [3.8, 4) is 0 Å². The average molecular weight is 213 g/mol. The van der Waals surface area contributed by atoms with Gasteiger partial charge in [-0.15, -0.1) is 11.3 Å². The van der Waals surface area contributed by atoms with E-state index in [2.05, 4.69) is 10.3 Å². The fourth-order valence-corrected chi connectivity index (χ4v) is 1.81. The fourth-order valence-electron chi connectivity index (χ4n) is 0.938. The summed E-state index contributed by atoms with van der Waals surface area (Å²) in [5.74, 6) is -0.143. The van der Waals surface area contributed by atoms with Crippen LogP contribution < -0.4 is 11.1 Å². The minimum absolute atomic E-state index is 0.143. The average Bonchev–Trinajstić information content (AvgIpc) is 2.42. The Morgan fingerprint density at radius 2 is 2.29 bits per heavy atom. The first-order chi connectivity index (χ1) is 6.50. The SMILES string of the molecule is Cc1nc(CNC(=O)C(C)N)sc1C. The molecule has 1 heterocycles. The summed E-state index contributed by atoms with van der Waals surface area (Å²) in [5, 5.41) is 3.65. The van der Waals surface area contributed by atoms with E-state index < -0.39 is 6.04 Å². The predicted octanol–water partition coefficient (Wildman–Crippen LogP) is 0.723. The van der Waals surface area contributed by atoms with Crippen molar-refractivity contribution in [3.05, 3.63) is 15.6 Å². The lowest BCUT2D eigenvalue weighted by Crippen LogP contribution is -2.37. The predicted molar refractivity (Wildman–Crippen MR) is 57.1 cm³/mol. The first-order valence-corrected chi connectivity index (χ1v) is 5.28. The van der Waals surface area contributed by atoms with Gasteiger partial charge in [-0.05, 0) is 20.8 Å². The summed E-state index contributed by atoms with van der Waals surface area (Å²) in [5.41, 5.74) is 6.43. The van der Waals surface area contributed by atoms with Crippen LogP contribution >= 0.6 is 11.3 Å². The molecule has 0 spiro atoms. The Morgan fingerprint density at radius 3 is 2.71 bits per heavy atom. The number of carbonyl (C=O) groups excluding carboxylic acids is 1. The molecule has 0 fully saturated rings. The Balaban J connectivity index is 2.50. The van der Waals surface area contributed by atoms with Gasteiger partial charge < -0.3 is 11.1 Å². The van der Waals surface area contributed by atoms with Crippen molar-refractivity contribution in [1.82, 2.24) is 10.3 Å². The van der Waals surface area contributed by atoms with Crippen LogP contribution in [0.3, 0.4) is 0 Å². The van der Waals surface area contributed by atoms with Crippen molar-refractivity contribution < 1.29 is 4.79 Å². The summed E-state index contributed by atoms with van der Waals surface area (Å²) in [6, 6.07) is -0.461. The lowest BCUT2D eigenvalue weighted by molar-refractivity contribution is -0.122. The second kappa shape index (κ2) is 4.52. The second-order valence-corrected chi connectivity index (χ2v) is 4.54. The first-order valence-electron chi connectivity index (χ1n) is 4.47. The van der Waals surface area contributed by atoms with Gasteiger partial charge in [-0.25, -0.2) is 4.98 Å². The molecule has 5 heteroatoms. The van der Waals surface area contributed by atoms with Gasteiger partial charge in [0.2, 0.25) is 5.91 Å². The van der Waals surface area contributed by atoms with E-state index in [0.29, 0.717) is 6.54 Å². The van der Waals surface area contributed by atoms with Crippen molar-refractivity contribution in [2.45, 2.75) is 33.4 Å². The number of nitrogens with two attached hydrogens (primary N) is 1. The number of nitrogens with one attached hydrogen (secondary N) is 1. The molecule has 3 N–H and O–H groups in total. The van der Waals surface area contributed by atoms with Gasteiger partial charge in [-0.1, -0.05) is 0 Å². The van der Waals surface area contributed by atoms with E-state index in [-0.39, 0.29) is 5.91 Å². The molecule has 0 bridgehead atoms. The summed E-state index contributed by atoms with van der Waals surface area (Å²) in [7, 11) is 0. The molecule has 0 saturated heterocycles. The van der Waals surface area contributed by atoms with Crippen molar-refractivity contribution in [3.63, 3.8) is 0 Å². The Morgan fingerprint density at radius 1 is 1.64 bits per heavy atom. The van der Waals surface area contributed by atoms with Crippen molar-refractivity contribution in [2.75, 3.05) is 0 Å². The van der Waals surface area contributed by atoms with Gasteiger partial charge in [0.15, 0.2) is 0 Å². The molecule has 4 nitrogen and oxygen atoms in total. The van der Waals surface area contributed by atoms with E-state index in [1.54, 1.807) is 18.3 Å². The Labute approximate surface area is 87.5 Å². The number of hydrogen-bond acceptors (Lipinski definition) is 4. The first kappa shape index (κ1) is 11.1. The zero-order chi connectivity index (χ0) is 10.7. The van der Waals surface area contributed by atoms with Crippen LogP contribution in [-0.4, -0.2) is 16.9 Å². The van der Waals surface area contributed by atoms with E-state index >= 15 is 0 Å². The highest BCUT2D eigenvalue weighted by molar-refractivity contribution is 7.11. The van der Waals surface area contributed by atoms with Gasteiger partial charge in [0.1, 0.15) is 5.01 Å². The highest BCUT2D eigenvalue weighted by Gasteiger charge is 2.08. The number of amides is 1. The maximum absolute atomic E-state index is 11.1. The van der Waals surface area contributed by atoms with Gasteiger partial charge in [0.05, 0.1) is 18.3 Å². The minimum atomic E-state index is -0.461. The highest BCUT2D eigenvalue weighted by Crippen LogP contribution is 2.15. The van der Waals surface area contributed by atoms with Crippen LogP contribution in [0, 0.1) is 13.8 Å². The largest absolute Gasteiger partial charge is 0.348 e. The lowest BCUT2D eigenvalue weighted by atomic mass is 10.3. The molecular weight excluding hydrogens is 198 g/mol. The quantitative estimate of drug-likeness (QED) is 0.777. The number of hydrogen-bond donors (Lipinski definition) is 2. The molecule has 14 heavy (non-hydrogen) atoms. The van der Waals surface area contributed by atoms with Gasteiger partial charge in [0.25, 0.3) is 0 Å². The Bertz CT molecular complexity index is 313. The van der Waals surface area contributed by atoms with Crippen LogP contribution in [-0.2, 0) is 11.3 Å². The molecule has 0 aliphatic heterocycles. The van der Waals surface area contributed by atoms with Gasteiger partial charge in [-0.3, -0.25) is 4.79 Å². The van der Waals surface area contributed by atoms with Crippen LogP contribution in [0.5, 0.6) is 0 Å². The number of carbonyl (C=O) groups is 1. The third-order valence-corrected chi connectivity index (χ3v) is 2.97. The molecule has 1 rings (SSSR count). The summed E-state index contributed by atoms with van der Waals surface area (Å²) in [4.78, 5) is 16.6. The smallest absolute Gasteiger partial charge is 0.236 e. The van der Waals surface area contributed by atoms with Crippen LogP contribution in [0.4, 0.5) is 0 Å². The summed E-state index contributed by atoms with van der Waals surface area (Å²) >= 11 is 1.60. The number of rotatable bonds is 3. The molecule has 1 aromatic rings. The van der Waals surface area contributed by atoms with E-state index in [1.807, 2.05) is 13.8 Å². The number of nitrogens with zero attached hydrogens (tertiary/aromatic N) is 1. The third kappa shape index (κ3) is 2.78. The maximum Gasteiger partial charge on any atom is 0.236 e. The van der Waals surface area contributed by atoms with E-state index in [1.165, 1.54) is 4.88 Å². The molecule has 1 unspecified atom stereocenters. The van der Waals surface area contributed by atoms with Crippen LogP contribution in [0.25, 0.3) is 0 Å². The van der Waals surface area contributed by atoms with Gasteiger partial charge >= 0.3 is 0 Å². The Hall–Kier alpha value is -0.940. The summed E-state index contributed by atoms with van der Waals surface area (Å²) in [6.45, 7) is 6.11. The topological polar surface area (TPSA) is 68.0 Å². The van der Waals surface area contributed by atoms with E-state index in [0.717, 1.165) is 10.7 Å². The van der Waals surface area contributed by atoms with E-state index in [4.69, 9.17) is 5.73 Å². The maximum atomic E-state index is 11.1. The van der Waals surface area contributed by atoms with Crippen molar-refractivity contribution in [2.24, 2.45) is 5.73 Å². The summed E-state index contributed by atoms with van der Waals surface area (Å²) in [6.07, 6.45) is 0. The number of aryl methyl sites for hydroxylation is 2. The van der Waals surface area contributed by atoms with Gasteiger partial charge in [0, 0.05) is 4.88 Å². The van der Waals surface area contributed by atoms with Crippen LogP contribution in [0.1, 0.15) is 22.5 Å². The Kier molecular flexibility index (Phi) is 3.60. The molecular formula is C9H15N3OS. The molecule has 1 atom stereocenters. The third-order valence-electron chi connectivity index (χ3n) is 1.90. The standard InChI is InChI=1S/C9H15N3OS/c1-5(10)9(13)11-4-8-12-6(2)7(3)14-8/h5H,4,10H2,1-3H3,(H,11,13). The lowest BCUT2D eigenvalue weighted by Gasteiger charge is -2.04. The molecule has 0 aliphatic carbocycles. The number of aromatic nitrogens is 1. The zero-order valence-corrected chi connectivity index (χ0v) is 9.44. The molecule has 0 saturated carbocycles. The van der Waals surface area contributed by atoms with Gasteiger partial charge in [-0.2, -0.15) is 0 Å². The number of thiazole rings is 1. The van der Waals surface area contributed by atoms with E-state index in [9.17, 15) is 4.79 Å². The molecule has 0 aromatic carbocycles. The molecule has 0 radical (unpaired) electrons. The summed E-state index contributed by atoms with van der Waals surface area (Å²) < 4.78 is 0. The second-order valence-electron chi connectivity index (χ2n) is 3.26. The minimum Gasteiger partial charge on any atom is -0.348 e. The normalized spacial score (nSPS) is 12.6. The highest BCUT2D eigenvalue weighted by atomic mass is 32.1. The molecule has 1 aromatic heterocycles. The monoisotopic (exact) mass is 213 g/mol. The van der Waals surface area contributed by atoms with Crippen molar-refractivity contribution >= 4 is 17.2 Å². The molecule has 78 valence electrons. The van der Waals surface area contributed by atoms with Crippen molar-refractivity contribution in [1.29, 1.82) is 0 Å². The zero-order valence-electron chi connectivity index (χ0n) is 8.63. The molecule has 1 amide bonds. The molecule has 0 aliphatic rings. The van der Waals surface area contributed by atoms with Crippen LogP contribution in [0.2, 0.25) is 0 Å².